The first-order valence-electron chi connectivity index (χ1n) is 28.4. The van der Waals surface area contributed by atoms with Crippen LogP contribution in [0.25, 0.3) is 0 Å². The molecule has 0 aromatic heterocycles. The first-order chi connectivity index (χ1) is 34.0. The fraction of sp³-hybridized carbons (Fsp3) is 0.667. The van der Waals surface area contributed by atoms with Crippen molar-refractivity contribution < 1.29 is 28.6 Å². The lowest BCUT2D eigenvalue weighted by atomic mass is 10.0. The van der Waals surface area contributed by atoms with Crippen LogP contribution in [0.1, 0.15) is 252 Å². The van der Waals surface area contributed by atoms with Crippen molar-refractivity contribution >= 4 is 17.9 Å². The highest BCUT2D eigenvalue weighted by atomic mass is 16.6. The van der Waals surface area contributed by atoms with Gasteiger partial charge in [-0.15, -0.1) is 0 Å². The van der Waals surface area contributed by atoms with E-state index in [4.69, 9.17) is 14.2 Å². The maximum Gasteiger partial charge on any atom is 0.306 e. The maximum absolute atomic E-state index is 12.8. The Morgan fingerprint density at radius 3 is 0.884 bits per heavy atom. The van der Waals surface area contributed by atoms with Crippen molar-refractivity contribution in [1.29, 1.82) is 0 Å². The van der Waals surface area contributed by atoms with E-state index in [1.54, 1.807) is 0 Å². The maximum atomic E-state index is 12.8. The smallest absolute Gasteiger partial charge is 0.306 e. The van der Waals surface area contributed by atoms with Crippen molar-refractivity contribution in [2.45, 2.75) is 258 Å². The van der Waals surface area contributed by atoms with Gasteiger partial charge in [-0.3, -0.25) is 14.4 Å². The standard InChI is InChI=1S/C63H104O6/c1-4-7-10-13-16-19-21-23-25-26-27-28-29-30-31-32-33-34-35-36-37-38-39-41-42-44-47-50-53-56-62(65)68-59-60(58-67-61(64)55-52-49-46-18-15-12-9-6-3)69-63(66)57-54-51-48-45-43-40-24-22-20-17-14-11-8-5-2/h7,10,16,19,23,25,27-28,30-31,33-34,36-37,39,41,44,47,60H,4-6,8-9,11-15,17-18,20-22,24,26,29,32,35,38,40,42-43,45-46,48-59H2,1-3H3/b10-7-,19-16-,25-23-,28-27-,31-30-,34-33-,37-36-,41-39-,47-44-. The van der Waals surface area contributed by atoms with Crippen molar-refractivity contribution in [3.63, 3.8) is 0 Å². The van der Waals surface area contributed by atoms with E-state index in [0.717, 1.165) is 103 Å². The molecule has 69 heavy (non-hydrogen) atoms. The van der Waals surface area contributed by atoms with Crippen LogP contribution in [0.2, 0.25) is 0 Å². The summed E-state index contributed by atoms with van der Waals surface area (Å²) in [5.74, 6) is -0.960. The molecule has 1 atom stereocenters. The second-order valence-electron chi connectivity index (χ2n) is 18.5. The Labute approximate surface area is 425 Å². The Balaban J connectivity index is 4.32. The monoisotopic (exact) mass is 957 g/mol. The molecule has 0 aliphatic rings. The van der Waals surface area contributed by atoms with Crippen LogP contribution in [0, 0.1) is 0 Å². The van der Waals surface area contributed by atoms with Crippen LogP contribution in [0.3, 0.4) is 0 Å². The Hall–Kier alpha value is -3.93. The van der Waals surface area contributed by atoms with Gasteiger partial charge in [-0.25, -0.2) is 0 Å². The molecule has 0 bridgehead atoms. The molecule has 0 spiro atoms. The number of rotatable bonds is 50. The molecule has 1 unspecified atom stereocenters. The quantitative estimate of drug-likeness (QED) is 0.0262. The summed E-state index contributed by atoms with van der Waals surface area (Å²) in [6, 6.07) is 0. The third-order valence-corrected chi connectivity index (χ3v) is 11.8. The highest BCUT2D eigenvalue weighted by Crippen LogP contribution is 2.15. The first kappa shape index (κ1) is 65.1. The van der Waals surface area contributed by atoms with Crippen molar-refractivity contribution in [3.8, 4) is 0 Å². The zero-order valence-electron chi connectivity index (χ0n) is 44.8. The lowest BCUT2D eigenvalue weighted by molar-refractivity contribution is -0.167. The van der Waals surface area contributed by atoms with Gasteiger partial charge in [0.1, 0.15) is 13.2 Å². The van der Waals surface area contributed by atoms with Gasteiger partial charge in [0.2, 0.25) is 0 Å². The van der Waals surface area contributed by atoms with Gasteiger partial charge in [0.25, 0.3) is 0 Å². The zero-order valence-corrected chi connectivity index (χ0v) is 44.8. The molecule has 0 heterocycles. The topological polar surface area (TPSA) is 78.9 Å². The van der Waals surface area contributed by atoms with Crippen LogP contribution in [-0.2, 0) is 28.6 Å². The number of hydrogen-bond donors (Lipinski definition) is 0. The SMILES string of the molecule is CC/C=C\C/C=C\C/C=C\C/C=C\C/C=C\C/C=C\C/C=C\C/C=C\C/C=C\CCCC(=O)OCC(COC(=O)CCCCCCCCCC)OC(=O)CCCCCCCCCCCCCCCC. The number of carbonyl (C=O) groups is 3. The molecule has 0 saturated heterocycles. The fourth-order valence-electron chi connectivity index (χ4n) is 7.56. The molecule has 0 radical (unpaired) electrons. The number of unbranched alkanes of at least 4 members (excludes halogenated alkanes) is 21. The Kier molecular flexibility index (Phi) is 53.4. The Morgan fingerprint density at radius 1 is 0.304 bits per heavy atom. The summed E-state index contributed by atoms with van der Waals surface area (Å²) in [5.41, 5.74) is 0. The summed E-state index contributed by atoms with van der Waals surface area (Å²) in [4.78, 5) is 37.9. The van der Waals surface area contributed by atoms with Gasteiger partial charge < -0.3 is 14.2 Å². The summed E-state index contributed by atoms with van der Waals surface area (Å²) in [7, 11) is 0. The summed E-state index contributed by atoms with van der Waals surface area (Å²) in [5, 5.41) is 0. The third kappa shape index (κ3) is 54.9. The van der Waals surface area contributed by atoms with E-state index in [0.29, 0.717) is 19.3 Å². The summed E-state index contributed by atoms with van der Waals surface area (Å²) in [6.07, 6.45) is 76.7. The molecule has 0 aromatic rings. The predicted octanol–water partition coefficient (Wildman–Crippen LogP) is 19.1. The van der Waals surface area contributed by atoms with Gasteiger partial charge in [0.05, 0.1) is 0 Å². The summed E-state index contributed by atoms with van der Waals surface area (Å²) >= 11 is 0. The molecule has 0 amide bonds. The molecule has 0 fully saturated rings. The first-order valence-corrected chi connectivity index (χ1v) is 28.4. The van der Waals surface area contributed by atoms with E-state index in [1.807, 2.05) is 0 Å². The lowest BCUT2D eigenvalue weighted by Gasteiger charge is -2.18. The van der Waals surface area contributed by atoms with Crippen molar-refractivity contribution in [2.75, 3.05) is 13.2 Å². The minimum atomic E-state index is -0.797. The van der Waals surface area contributed by atoms with Crippen LogP contribution in [0.5, 0.6) is 0 Å². The largest absolute Gasteiger partial charge is 0.462 e. The molecule has 392 valence electrons. The van der Waals surface area contributed by atoms with E-state index in [9.17, 15) is 14.4 Å². The number of esters is 3. The van der Waals surface area contributed by atoms with Crippen molar-refractivity contribution in [1.82, 2.24) is 0 Å². The Morgan fingerprint density at radius 2 is 0.565 bits per heavy atom. The summed E-state index contributed by atoms with van der Waals surface area (Å²) in [6.45, 7) is 6.45. The number of allylic oxidation sites excluding steroid dienone is 18. The molecular formula is C63H104O6. The molecular weight excluding hydrogens is 853 g/mol. The second-order valence-corrected chi connectivity index (χ2v) is 18.5. The van der Waals surface area contributed by atoms with Gasteiger partial charge in [0, 0.05) is 19.3 Å². The molecule has 0 aliphatic carbocycles. The highest BCUT2D eigenvalue weighted by Gasteiger charge is 2.19. The molecule has 0 aromatic carbocycles. The van der Waals surface area contributed by atoms with Crippen LogP contribution in [0.4, 0.5) is 0 Å². The lowest BCUT2D eigenvalue weighted by Crippen LogP contribution is -2.30. The van der Waals surface area contributed by atoms with Crippen LogP contribution >= 0.6 is 0 Å². The summed E-state index contributed by atoms with van der Waals surface area (Å²) < 4.78 is 16.7. The van der Waals surface area contributed by atoms with Gasteiger partial charge >= 0.3 is 17.9 Å². The average Bonchev–Trinajstić information content (AvgIpc) is 3.35. The molecule has 0 saturated carbocycles. The van der Waals surface area contributed by atoms with Crippen LogP contribution in [0.15, 0.2) is 109 Å². The number of hydrogen-bond acceptors (Lipinski definition) is 6. The zero-order chi connectivity index (χ0) is 50.0. The van der Waals surface area contributed by atoms with Crippen LogP contribution < -0.4 is 0 Å². The van der Waals surface area contributed by atoms with E-state index in [2.05, 4.69) is 130 Å². The molecule has 0 aliphatic heterocycles. The normalized spacial score (nSPS) is 12.9. The van der Waals surface area contributed by atoms with E-state index < -0.39 is 6.10 Å². The predicted molar refractivity (Wildman–Crippen MR) is 297 cm³/mol. The fourth-order valence-corrected chi connectivity index (χ4v) is 7.56. The number of carbonyl (C=O) groups excluding carboxylic acids is 3. The molecule has 0 N–H and O–H groups in total. The molecule has 6 nitrogen and oxygen atoms in total. The van der Waals surface area contributed by atoms with Gasteiger partial charge in [-0.05, 0) is 83.5 Å². The minimum absolute atomic E-state index is 0.0941. The average molecular weight is 958 g/mol. The minimum Gasteiger partial charge on any atom is -0.462 e. The van der Waals surface area contributed by atoms with Gasteiger partial charge in [-0.2, -0.15) is 0 Å². The van der Waals surface area contributed by atoms with Gasteiger partial charge in [0.15, 0.2) is 6.10 Å². The van der Waals surface area contributed by atoms with E-state index in [-0.39, 0.29) is 37.5 Å². The van der Waals surface area contributed by atoms with Gasteiger partial charge in [-0.1, -0.05) is 259 Å². The van der Waals surface area contributed by atoms with Crippen LogP contribution in [-0.4, -0.2) is 37.2 Å². The second kappa shape index (κ2) is 56.7. The van der Waals surface area contributed by atoms with Crippen molar-refractivity contribution in [3.05, 3.63) is 109 Å². The molecule has 0 rings (SSSR count). The Bertz CT molecular complexity index is 1420. The third-order valence-electron chi connectivity index (χ3n) is 11.8. The number of ether oxygens (including phenoxy) is 3. The van der Waals surface area contributed by atoms with E-state index in [1.165, 1.54) is 103 Å². The highest BCUT2D eigenvalue weighted by molar-refractivity contribution is 5.71. The van der Waals surface area contributed by atoms with Crippen molar-refractivity contribution in [2.24, 2.45) is 0 Å². The molecule has 6 heteroatoms. The van der Waals surface area contributed by atoms with E-state index >= 15 is 0 Å².